The summed E-state index contributed by atoms with van der Waals surface area (Å²) in [5.74, 6) is -3.31. The average Bonchev–Trinajstić information content (AvgIpc) is 3.34. The summed E-state index contributed by atoms with van der Waals surface area (Å²) < 4.78 is 0. The molecule has 1 unspecified atom stereocenters. The molecule has 1 aromatic rings. The Hall–Kier alpha value is -3.96. The molecule has 12 heteroatoms. The van der Waals surface area contributed by atoms with Crippen LogP contribution in [0.4, 0.5) is 4.79 Å². The fourth-order valence-corrected chi connectivity index (χ4v) is 8.35. The van der Waals surface area contributed by atoms with E-state index in [0.29, 0.717) is 25.8 Å². The lowest BCUT2D eigenvalue weighted by molar-refractivity contribution is -0.144. The van der Waals surface area contributed by atoms with Crippen LogP contribution in [0, 0.1) is 34.5 Å². The van der Waals surface area contributed by atoms with E-state index in [4.69, 9.17) is 5.73 Å². The maximum absolute atomic E-state index is 14.8. The van der Waals surface area contributed by atoms with Gasteiger partial charge in [0.1, 0.15) is 18.1 Å². The van der Waals surface area contributed by atoms with Crippen molar-refractivity contribution in [3.63, 3.8) is 0 Å². The predicted molar refractivity (Wildman–Crippen MR) is 188 cm³/mol. The SMILES string of the molecule is CC(C)(C)NC(=O)[C@@H](NC(=O)N[C@H](C(=O)N1C[C@H]2[C@@H]([C@H]1C(=O)NC(CC1CCC1)C(=O)C(N)=O)C2(C)C)C1Cc2ccccc2C1)C(C)(C)C. The number of likely N-dealkylation sites (tertiary alicyclic amines) is 1. The number of benzene rings is 1. The van der Waals surface area contributed by atoms with Crippen LogP contribution in [-0.4, -0.2) is 76.6 Å². The molecule has 0 bridgehead atoms. The number of carbonyl (C=O) groups is 6. The fourth-order valence-electron chi connectivity index (χ4n) is 8.35. The first-order valence-electron chi connectivity index (χ1n) is 18.1. The van der Waals surface area contributed by atoms with E-state index in [1.807, 2.05) is 65.8 Å². The van der Waals surface area contributed by atoms with E-state index in [9.17, 15) is 28.8 Å². The first-order chi connectivity index (χ1) is 23.2. The minimum absolute atomic E-state index is 0.0562. The molecule has 3 aliphatic carbocycles. The van der Waals surface area contributed by atoms with Crippen LogP contribution >= 0.6 is 0 Å². The van der Waals surface area contributed by atoms with Gasteiger partial charge in [-0.05, 0) is 85.7 Å². The van der Waals surface area contributed by atoms with Crippen LogP contribution in [0.1, 0.15) is 92.2 Å². The normalized spacial score (nSPS) is 24.5. The predicted octanol–water partition coefficient (Wildman–Crippen LogP) is 2.61. The first-order valence-corrected chi connectivity index (χ1v) is 18.1. The zero-order chi connectivity index (χ0) is 36.9. The lowest BCUT2D eigenvalue weighted by Gasteiger charge is -2.37. The molecule has 6 atom stereocenters. The third kappa shape index (κ3) is 7.84. The summed E-state index contributed by atoms with van der Waals surface area (Å²) >= 11 is 0. The molecule has 0 radical (unpaired) electrons. The van der Waals surface area contributed by atoms with Gasteiger partial charge in [0.25, 0.3) is 5.91 Å². The molecule has 6 amide bonds. The van der Waals surface area contributed by atoms with E-state index in [2.05, 4.69) is 35.1 Å². The molecule has 1 aliphatic heterocycles. The monoisotopic (exact) mass is 692 g/mol. The Morgan fingerprint density at radius 1 is 0.920 bits per heavy atom. The van der Waals surface area contributed by atoms with Crippen molar-refractivity contribution in [2.24, 2.45) is 40.2 Å². The second-order valence-electron chi connectivity index (χ2n) is 17.8. The Bertz CT molecular complexity index is 1510. The van der Waals surface area contributed by atoms with Crippen molar-refractivity contribution < 1.29 is 28.8 Å². The van der Waals surface area contributed by atoms with Gasteiger partial charge in [0.05, 0.1) is 6.04 Å². The van der Waals surface area contributed by atoms with Gasteiger partial charge in [-0.3, -0.25) is 24.0 Å². The van der Waals surface area contributed by atoms with Gasteiger partial charge >= 0.3 is 6.03 Å². The van der Waals surface area contributed by atoms with Crippen molar-refractivity contribution in [3.05, 3.63) is 35.4 Å². The average molecular weight is 693 g/mol. The number of piperidine rings is 1. The summed E-state index contributed by atoms with van der Waals surface area (Å²) in [7, 11) is 0. The van der Waals surface area contributed by atoms with Crippen LogP contribution in [0.25, 0.3) is 0 Å². The fraction of sp³-hybridized carbons (Fsp3) is 0.684. The number of hydrogen-bond acceptors (Lipinski definition) is 6. The Morgan fingerprint density at radius 3 is 2.02 bits per heavy atom. The van der Waals surface area contributed by atoms with Gasteiger partial charge < -0.3 is 31.9 Å². The van der Waals surface area contributed by atoms with Gasteiger partial charge in [-0.25, -0.2) is 4.79 Å². The maximum Gasteiger partial charge on any atom is 0.316 e. The number of carbonyl (C=O) groups excluding carboxylic acids is 6. The highest BCUT2D eigenvalue weighted by Gasteiger charge is 2.70. The molecular weight excluding hydrogens is 636 g/mol. The topological polar surface area (TPSA) is 180 Å². The zero-order valence-corrected chi connectivity index (χ0v) is 30.9. The summed E-state index contributed by atoms with van der Waals surface area (Å²) in [5, 5.41) is 11.6. The van der Waals surface area contributed by atoms with E-state index in [1.54, 1.807) is 4.90 Å². The Morgan fingerprint density at radius 2 is 1.52 bits per heavy atom. The van der Waals surface area contributed by atoms with Crippen LogP contribution < -0.4 is 27.0 Å². The lowest BCUT2D eigenvalue weighted by atomic mass is 9.80. The van der Waals surface area contributed by atoms with Gasteiger partial charge in [-0.15, -0.1) is 0 Å². The number of primary amides is 1. The summed E-state index contributed by atoms with van der Waals surface area (Å²) in [6.45, 7) is 15.6. The van der Waals surface area contributed by atoms with E-state index in [1.165, 1.54) is 0 Å². The Kier molecular flexibility index (Phi) is 10.2. The third-order valence-electron chi connectivity index (χ3n) is 11.4. The second kappa shape index (κ2) is 13.6. The number of nitrogens with one attached hydrogen (secondary N) is 4. The number of urea groups is 1. The number of fused-ring (bicyclic) bond motifs is 2. The first kappa shape index (κ1) is 37.3. The number of ketones is 1. The second-order valence-corrected chi connectivity index (χ2v) is 17.8. The van der Waals surface area contributed by atoms with Crippen LogP contribution in [0.3, 0.4) is 0 Å². The molecule has 6 N–H and O–H groups in total. The molecule has 5 rings (SSSR count). The quantitative estimate of drug-likeness (QED) is 0.223. The van der Waals surface area contributed by atoms with Gasteiger partial charge in [-0.1, -0.05) is 78.1 Å². The number of amides is 6. The number of hydrogen-bond donors (Lipinski definition) is 5. The highest BCUT2D eigenvalue weighted by atomic mass is 16.2. The molecule has 274 valence electrons. The van der Waals surface area contributed by atoms with Gasteiger partial charge in [0.2, 0.25) is 23.5 Å². The Balaban J connectivity index is 1.41. The molecule has 12 nitrogen and oxygen atoms in total. The van der Waals surface area contributed by atoms with Crippen molar-refractivity contribution in [2.45, 2.75) is 124 Å². The van der Waals surface area contributed by atoms with E-state index in [0.717, 1.165) is 30.4 Å². The van der Waals surface area contributed by atoms with E-state index < -0.39 is 58.7 Å². The van der Waals surface area contributed by atoms with Crippen LogP contribution in [-0.2, 0) is 36.8 Å². The molecule has 3 fully saturated rings. The van der Waals surface area contributed by atoms with Crippen LogP contribution in [0.15, 0.2) is 24.3 Å². The molecule has 1 heterocycles. The van der Waals surface area contributed by atoms with Crippen molar-refractivity contribution in [2.75, 3.05) is 6.54 Å². The molecular formula is C38H56N6O6. The molecule has 4 aliphatic rings. The highest BCUT2D eigenvalue weighted by Crippen LogP contribution is 2.65. The molecule has 2 saturated carbocycles. The Labute approximate surface area is 295 Å². The number of Topliss-reactive ketones (excluding diaryl/α,β-unsaturated/α-hetero) is 1. The van der Waals surface area contributed by atoms with Crippen LogP contribution in [0.2, 0.25) is 0 Å². The van der Waals surface area contributed by atoms with Crippen molar-refractivity contribution in [3.8, 4) is 0 Å². The van der Waals surface area contributed by atoms with E-state index >= 15 is 0 Å². The molecule has 1 aromatic carbocycles. The van der Waals surface area contributed by atoms with Crippen LogP contribution in [0.5, 0.6) is 0 Å². The van der Waals surface area contributed by atoms with Crippen molar-refractivity contribution in [1.29, 1.82) is 0 Å². The molecule has 0 spiro atoms. The van der Waals surface area contributed by atoms with Gasteiger partial charge in [-0.2, -0.15) is 0 Å². The summed E-state index contributed by atoms with van der Waals surface area (Å²) in [6.07, 6.45) is 4.30. The molecule has 50 heavy (non-hydrogen) atoms. The number of nitrogens with zero attached hydrogens (tertiary/aromatic N) is 1. The van der Waals surface area contributed by atoms with Crippen molar-refractivity contribution >= 4 is 35.4 Å². The smallest absolute Gasteiger partial charge is 0.316 e. The highest BCUT2D eigenvalue weighted by molar-refractivity contribution is 6.37. The standard InChI is InChI=1S/C38H56N6O6/c1-36(2,3)30(33(48)43-37(4,5)6)42-35(50)41-27(23-17-21-14-9-10-15-22(21)18-23)34(49)44-19-24-26(38(24,7)8)28(44)32(47)40-25(29(45)31(39)46)16-20-12-11-13-20/h9-10,14-15,20,23-28,30H,11-13,16-19H2,1-8H3,(H2,39,46)(H,40,47)(H,43,48)(H2,41,42,50)/t24-,25?,26-,27-,28-,30+/m0/s1. The van der Waals surface area contributed by atoms with Crippen molar-refractivity contribution in [1.82, 2.24) is 26.2 Å². The number of rotatable bonds is 11. The summed E-state index contributed by atoms with van der Waals surface area (Å²) in [6, 6.07) is 3.45. The number of nitrogens with two attached hydrogens (primary N) is 1. The maximum atomic E-state index is 14.8. The summed E-state index contributed by atoms with van der Waals surface area (Å²) in [4.78, 5) is 82.4. The molecule has 1 saturated heterocycles. The van der Waals surface area contributed by atoms with Gasteiger partial charge in [0, 0.05) is 12.1 Å². The third-order valence-corrected chi connectivity index (χ3v) is 11.4. The lowest BCUT2D eigenvalue weighted by Crippen LogP contribution is -2.63. The van der Waals surface area contributed by atoms with Gasteiger partial charge in [0.15, 0.2) is 0 Å². The minimum Gasteiger partial charge on any atom is -0.363 e. The largest absolute Gasteiger partial charge is 0.363 e. The minimum atomic E-state index is -1.10. The molecule has 0 aromatic heterocycles. The van der Waals surface area contributed by atoms with E-state index in [-0.39, 0.29) is 40.9 Å². The zero-order valence-electron chi connectivity index (χ0n) is 30.9. The summed E-state index contributed by atoms with van der Waals surface area (Å²) in [5.41, 5.74) is 6.20.